The second-order valence-corrected chi connectivity index (χ2v) is 5.07. The summed E-state index contributed by atoms with van der Waals surface area (Å²) < 4.78 is 0. The fourth-order valence-electron chi connectivity index (χ4n) is 2.53. The Morgan fingerprint density at radius 2 is 1.87 bits per heavy atom. The Morgan fingerprint density at radius 1 is 1.33 bits per heavy atom. The van der Waals surface area contributed by atoms with Crippen LogP contribution in [0.25, 0.3) is 0 Å². The zero-order valence-electron chi connectivity index (χ0n) is 10.8. The third-order valence-electron chi connectivity index (χ3n) is 4.14. The molecule has 0 aromatic rings. The van der Waals surface area contributed by atoms with Crippen molar-refractivity contribution in [2.24, 2.45) is 5.73 Å². The second-order valence-electron chi connectivity index (χ2n) is 5.07. The first-order valence-electron chi connectivity index (χ1n) is 6.21. The number of nitrogens with zero attached hydrogens (tertiary/aromatic N) is 2. The molecule has 15 heavy (non-hydrogen) atoms. The molecule has 1 aliphatic heterocycles. The van der Waals surface area contributed by atoms with Crippen LogP contribution in [0.4, 0.5) is 0 Å². The quantitative estimate of drug-likeness (QED) is 0.760. The maximum absolute atomic E-state index is 6.00. The number of piperidine rings is 1. The number of likely N-dealkylation sites (N-methyl/N-ethyl adjacent to an activating group) is 1. The molecule has 3 heteroatoms. The van der Waals surface area contributed by atoms with E-state index < -0.39 is 0 Å². The van der Waals surface area contributed by atoms with Crippen molar-refractivity contribution in [3.8, 4) is 0 Å². The molecule has 1 fully saturated rings. The van der Waals surface area contributed by atoms with E-state index in [0.717, 1.165) is 6.54 Å². The van der Waals surface area contributed by atoms with Crippen molar-refractivity contribution in [2.75, 3.05) is 33.2 Å². The van der Waals surface area contributed by atoms with E-state index in [4.69, 9.17) is 5.73 Å². The molecule has 0 spiro atoms. The van der Waals surface area contributed by atoms with Gasteiger partial charge in [0.25, 0.3) is 0 Å². The Hall–Kier alpha value is -0.120. The molecule has 1 rings (SSSR count). The molecule has 0 saturated carbocycles. The van der Waals surface area contributed by atoms with Crippen LogP contribution in [0, 0.1) is 0 Å². The minimum absolute atomic E-state index is 0.250. The van der Waals surface area contributed by atoms with E-state index in [2.05, 4.69) is 37.6 Å². The van der Waals surface area contributed by atoms with Gasteiger partial charge in [-0.15, -0.1) is 0 Å². The monoisotopic (exact) mass is 213 g/mol. The maximum atomic E-state index is 6.00. The van der Waals surface area contributed by atoms with Crippen LogP contribution in [-0.4, -0.2) is 54.6 Å². The minimum Gasteiger partial charge on any atom is -0.329 e. The van der Waals surface area contributed by atoms with Crippen LogP contribution < -0.4 is 5.73 Å². The Morgan fingerprint density at radius 3 is 2.20 bits per heavy atom. The van der Waals surface area contributed by atoms with Gasteiger partial charge in [-0.1, -0.05) is 6.92 Å². The van der Waals surface area contributed by atoms with Crippen molar-refractivity contribution in [2.45, 2.75) is 45.2 Å². The van der Waals surface area contributed by atoms with E-state index in [1.165, 1.54) is 32.5 Å². The molecule has 3 nitrogen and oxygen atoms in total. The SMILES string of the molecule is CCN1CCC(CN)(N(C)C(C)C)CC1. The lowest BCUT2D eigenvalue weighted by molar-refractivity contribution is 0.0273. The summed E-state index contributed by atoms with van der Waals surface area (Å²) in [4.78, 5) is 4.99. The summed E-state index contributed by atoms with van der Waals surface area (Å²) in [7, 11) is 2.22. The zero-order valence-corrected chi connectivity index (χ0v) is 10.8. The van der Waals surface area contributed by atoms with Crippen molar-refractivity contribution in [3.05, 3.63) is 0 Å². The molecule has 0 bridgehead atoms. The average molecular weight is 213 g/mol. The zero-order chi connectivity index (χ0) is 11.5. The largest absolute Gasteiger partial charge is 0.329 e. The molecule has 1 saturated heterocycles. The number of rotatable bonds is 4. The van der Waals surface area contributed by atoms with Gasteiger partial charge in [-0.25, -0.2) is 0 Å². The topological polar surface area (TPSA) is 32.5 Å². The predicted molar refractivity (Wildman–Crippen MR) is 66.0 cm³/mol. The molecular formula is C12H27N3. The second kappa shape index (κ2) is 5.28. The van der Waals surface area contributed by atoms with E-state index in [9.17, 15) is 0 Å². The van der Waals surface area contributed by atoms with Crippen LogP contribution in [0.3, 0.4) is 0 Å². The van der Waals surface area contributed by atoms with Crippen molar-refractivity contribution < 1.29 is 0 Å². The third kappa shape index (κ3) is 2.71. The lowest BCUT2D eigenvalue weighted by atomic mass is 9.85. The van der Waals surface area contributed by atoms with Gasteiger partial charge in [0.15, 0.2) is 0 Å². The molecule has 1 aliphatic rings. The highest BCUT2D eigenvalue weighted by atomic mass is 15.2. The van der Waals surface area contributed by atoms with E-state index in [0.29, 0.717) is 6.04 Å². The molecule has 0 unspecified atom stereocenters. The number of hydrogen-bond donors (Lipinski definition) is 1. The molecular weight excluding hydrogens is 186 g/mol. The van der Waals surface area contributed by atoms with Gasteiger partial charge in [0.1, 0.15) is 0 Å². The van der Waals surface area contributed by atoms with Gasteiger partial charge in [-0.2, -0.15) is 0 Å². The summed E-state index contributed by atoms with van der Waals surface area (Å²) in [6, 6.07) is 0.585. The Labute approximate surface area is 94.6 Å². The summed E-state index contributed by atoms with van der Waals surface area (Å²) >= 11 is 0. The fourth-order valence-corrected chi connectivity index (χ4v) is 2.53. The molecule has 1 heterocycles. The highest BCUT2D eigenvalue weighted by molar-refractivity contribution is 4.96. The number of hydrogen-bond acceptors (Lipinski definition) is 3. The summed E-state index contributed by atoms with van der Waals surface area (Å²) in [5.41, 5.74) is 6.25. The van der Waals surface area contributed by atoms with Gasteiger partial charge in [0.05, 0.1) is 0 Å². The van der Waals surface area contributed by atoms with Crippen LogP contribution in [-0.2, 0) is 0 Å². The molecule has 0 aliphatic carbocycles. The molecule has 90 valence electrons. The van der Waals surface area contributed by atoms with Crippen molar-refractivity contribution in [3.63, 3.8) is 0 Å². The fraction of sp³-hybridized carbons (Fsp3) is 1.00. The number of nitrogens with two attached hydrogens (primary N) is 1. The Bertz CT molecular complexity index is 183. The van der Waals surface area contributed by atoms with Crippen LogP contribution in [0.5, 0.6) is 0 Å². The summed E-state index contributed by atoms with van der Waals surface area (Å²) in [6.07, 6.45) is 2.43. The molecule has 0 aromatic heterocycles. The molecule has 0 amide bonds. The van der Waals surface area contributed by atoms with Gasteiger partial charge in [0, 0.05) is 18.1 Å². The summed E-state index contributed by atoms with van der Waals surface area (Å²) in [6.45, 7) is 11.1. The lowest BCUT2D eigenvalue weighted by Gasteiger charge is -2.48. The van der Waals surface area contributed by atoms with Crippen molar-refractivity contribution in [1.82, 2.24) is 9.80 Å². The highest BCUT2D eigenvalue weighted by Crippen LogP contribution is 2.28. The van der Waals surface area contributed by atoms with Crippen LogP contribution in [0.15, 0.2) is 0 Å². The van der Waals surface area contributed by atoms with Gasteiger partial charge in [0.2, 0.25) is 0 Å². The first-order valence-corrected chi connectivity index (χ1v) is 6.21. The first kappa shape index (κ1) is 12.9. The molecule has 0 aromatic carbocycles. The average Bonchev–Trinajstić information content (AvgIpc) is 2.28. The van der Waals surface area contributed by atoms with E-state index >= 15 is 0 Å². The first-order chi connectivity index (χ1) is 7.05. The standard InChI is InChI=1S/C12H27N3/c1-5-15-8-6-12(10-13,7-9-15)14(4)11(2)3/h11H,5-10,13H2,1-4H3. The van der Waals surface area contributed by atoms with Gasteiger partial charge < -0.3 is 10.6 Å². The molecule has 0 radical (unpaired) electrons. The van der Waals surface area contributed by atoms with Gasteiger partial charge in [-0.3, -0.25) is 4.90 Å². The Kier molecular flexibility index (Phi) is 4.56. The maximum Gasteiger partial charge on any atom is 0.0355 e. The van der Waals surface area contributed by atoms with Crippen LogP contribution in [0.1, 0.15) is 33.6 Å². The molecule has 2 N–H and O–H groups in total. The third-order valence-corrected chi connectivity index (χ3v) is 4.14. The smallest absolute Gasteiger partial charge is 0.0355 e. The van der Waals surface area contributed by atoms with E-state index in [-0.39, 0.29) is 5.54 Å². The van der Waals surface area contributed by atoms with Crippen molar-refractivity contribution in [1.29, 1.82) is 0 Å². The van der Waals surface area contributed by atoms with Crippen LogP contribution >= 0.6 is 0 Å². The van der Waals surface area contributed by atoms with Gasteiger partial charge in [-0.05, 0) is 53.4 Å². The van der Waals surface area contributed by atoms with E-state index in [1.807, 2.05) is 0 Å². The highest BCUT2D eigenvalue weighted by Gasteiger charge is 2.37. The summed E-state index contributed by atoms with van der Waals surface area (Å²) in [5.74, 6) is 0. The van der Waals surface area contributed by atoms with Crippen molar-refractivity contribution >= 4 is 0 Å². The molecule has 0 atom stereocenters. The Balaban J connectivity index is 2.63. The van der Waals surface area contributed by atoms with Crippen LogP contribution in [0.2, 0.25) is 0 Å². The predicted octanol–water partition coefficient (Wildman–Crippen LogP) is 1.14. The normalized spacial score (nSPS) is 22.6. The lowest BCUT2D eigenvalue weighted by Crippen LogP contribution is -2.59. The summed E-state index contributed by atoms with van der Waals surface area (Å²) in [5, 5.41) is 0. The van der Waals surface area contributed by atoms with Gasteiger partial charge >= 0.3 is 0 Å². The number of likely N-dealkylation sites (tertiary alicyclic amines) is 1. The minimum atomic E-state index is 0.250. The van der Waals surface area contributed by atoms with E-state index in [1.54, 1.807) is 0 Å².